The van der Waals surface area contributed by atoms with Gasteiger partial charge < -0.3 is 21.4 Å². The van der Waals surface area contributed by atoms with Crippen molar-refractivity contribution in [3.63, 3.8) is 0 Å². The van der Waals surface area contributed by atoms with Crippen molar-refractivity contribution in [2.24, 2.45) is 34.4 Å². The number of benzene rings is 1. The van der Waals surface area contributed by atoms with Crippen molar-refractivity contribution in [2.45, 2.75) is 70.4 Å². The van der Waals surface area contributed by atoms with Crippen LogP contribution in [-0.4, -0.2) is 26.0 Å². The minimum absolute atomic E-state index is 0.234. The van der Waals surface area contributed by atoms with Crippen LogP contribution in [0.2, 0.25) is 0 Å². The van der Waals surface area contributed by atoms with Crippen molar-refractivity contribution in [2.75, 3.05) is 24.2 Å². The van der Waals surface area contributed by atoms with Gasteiger partial charge in [0.25, 0.3) is 0 Å². The lowest BCUT2D eigenvalue weighted by atomic mass is 9.69. The van der Waals surface area contributed by atoms with Crippen molar-refractivity contribution >= 4 is 17.6 Å². The zero-order valence-electron chi connectivity index (χ0n) is 18.1. The first-order chi connectivity index (χ1) is 14.5. The van der Waals surface area contributed by atoms with Crippen LogP contribution in [-0.2, 0) is 6.42 Å². The lowest BCUT2D eigenvalue weighted by Crippen LogP contribution is -2.34. The molecule has 0 bridgehead atoms. The summed E-state index contributed by atoms with van der Waals surface area (Å²) in [7, 11) is 1.87. The fourth-order valence-electron chi connectivity index (χ4n) is 5.82. The van der Waals surface area contributed by atoms with Gasteiger partial charge in [0, 0.05) is 19.8 Å². The van der Waals surface area contributed by atoms with Crippen LogP contribution in [0.5, 0.6) is 0 Å². The SMILES string of the molecule is CN=CC1CCC(C2CCC(CNc3cc4c(c(F)c3F)NC(N)CC4)CC2)CC1. The predicted molar refractivity (Wildman–Crippen MR) is 120 cm³/mol. The summed E-state index contributed by atoms with van der Waals surface area (Å²) in [6, 6.07) is 1.76. The Morgan fingerprint density at radius 1 is 1.03 bits per heavy atom. The molecule has 1 atom stereocenters. The standard InChI is InChI=1S/C24H36F2N4/c1-28-13-15-2-6-17(7-3-15)18-8-4-16(5-9-18)14-29-20-12-19-10-11-21(27)30-24(19)23(26)22(20)25/h12-13,15-18,21,29-30H,2-11,14,27H2,1H3. The minimum Gasteiger partial charge on any atom is -0.382 e. The zero-order valence-corrected chi connectivity index (χ0v) is 18.1. The van der Waals surface area contributed by atoms with E-state index in [0.717, 1.165) is 23.8 Å². The quantitative estimate of drug-likeness (QED) is 0.566. The number of nitrogens with one attached hydrogen (secondary N) is 2. The van der Waals surface area contributed by atoms with Crippen molar-refractivity contribution in [3.05, 3.63) is 23.3 Å². The van der Waals surface area contributed by atoms with Crippen LogP contribution < -0.4 is 16.4 Å². The second kappa shape index (κ2) is 9.63. The normalized spacial score (nSPS) is 31.9. The highest BCUT2D eigenvalue weighted by Crippen LogP contribution is 2.41. The van der Waals surface area contributed by atoms with Gasteiger partial charge in [0.1, 0.15) is 0 Å². The molecule has 4 N–H and O–H groups in total. The molecule has 2 aliphatic carbocycles. The third-order valence-electron chi connectivity index (χ3n) is 7.66. The molecule has 0 spiro atoms. The van der Waals surface area contributed by atoms with Crippen molar-refractivity contribution in [1.82, 2.24) is 0 Å². The van der Waals surface area contributed by atoms with E-state index in [-0.39, 0.29) is 11.9 Å². The summed E-state index contributed by atoms with van der Waals surface area (Å²) in [5.41, 5.74) is 7.16. The van der Waals surface area contributed by atoms with Crippen LogP contribution in [0.15, 0.2) is 11.1 Å². The van der Waals surface area contributed by atoms with Crippen LogP contribution in [0.25, 0.3) is 0 Å². The molecule has 2 fully saturated rings. The summed E-state index contributed by atoms with van der Waals surface area (Å²) in [4.78, 5) is 4.20. The zero-order chi connectivity index (χ0) is 21.1. The van der Waals surface area contributed by atoms with Gasteiger partial charge in [0.15, 0.2) is 11.6 Å². The van der Waals surface area contributed by atoms with Gasteiger partial charge in [-0.15, -0.1) is 0 Å². The molecule has 1 aromatic carbocycles. The van der Waals surface area contributed by atoms with E-state index >= 15 is 0 Å². The second-order valence-electron chi connectivity index (χ2n) is 9.62. The van der Waals surface area contributed by atoms with Gasteiger partial charge in [-0.2, -0.15) is 0 Å². The molecule has 4 nitrogen and oxygen atoms in total. The summed E-state index contributed by atoms with van der Waals surface area (Å²) < 4.78 is 29.0. The van der Waals surface area contributed by atoms with E-state index in [9.17, 15) is 8.78 Å². The van der Waals surface area contributed by atoms with E-state index in [1.807, 2.05) is 7.05 Å². The summed E-state index contributed by atoms with van der Waals surface area (Å²) >= 11 is 0. The molecular formula is C24H36F2N4. The lowest BCUT2D eigenvalue weighted by Gasteiger charge is -2.37. The Morgan fingerprint density at radius 3 is 2.37 bits per heavy atom. The van der Waals surface area contributed by atoms with Gasteiger partial charge in [-0.25, -0.2) is 8.78 Å². The van der Waals surface area contributed by atoms with Gasteiger partial charge in [-0.3, -0.25) is 0 Å². The number of aryl methyl sites for hydroxylation is 1. The number of nitrogens with two attached hydrogens (primary N) is 1. The molecule has 1 aromatic rings. The number of hydrogen-bond acceptors (Lipinski definition) is 4. The largest absolute Gasteiger partial charge is 0.382 e. The number of anilines is 2. The molecule has 4 rings (SSSR count). The van der Waals surface area contributed by atoms with Crippen LogP contribution in [0, 0.1) is 35.3 Å². The van der Waals surface area contributed by atoms with Crippen LogP contribution in [0.1, 0.15) is 63.4 Å². The van der Waals surface area contributed by atoms with Crippen LogP contribution >= 0.6 is 0 Å². The average Bonchev–Trinajstić information content (AvgIpc) is 2.77. The van der Waals surface area contributed by atoms with Crippen LogP contribution in [0.3, 0.4) is 0 Å². The van der Waals surface area contributed by atoms with Gasteiger partial charge in [0.05, 0.1) is 17.5 Å². The summed E-state index contributed by atoms with van der Waals surface area (Å²) in [6.45, 7) is 0.717. The number of fused-ring (bicyclic) bond motifs is 1. The van der Waals surface area contributed by atoms with Crippen molar-refractivity contribution in [1.29, 1.82) is 0 Å². The highest BCUT2D eigenvalue weighted by molar-refractivity contribution is 5.63. The molecule has 30 heavy (non-hydrogen) atoms. The highest BCUT2D eigenvalue weighted by atomic mass is 19.2. The van der Waals surface area contributed by atoms with E-state index < -0.39 is 11.6 Å². The summed E-state index contributed by atoms with van der Waals surface area (Å²) in [5.74, 6) is 1.33. The molecule has 6 heteroatoms. The number of halogens is 2. The van der Waals surface area contributed by atoms with Gasteiger partial charge in [-0.05, 0) is 99.5 Å². The molecule has 1 unspecified atom stereocenters. The van der Waals surface area contributed by atoms with E-state index in [4.69, 9.17) is 5.73 Å². The Balaban J connectivity index is 1.27. The van der Waals surface area contributed by atoms with E-state index in [1.54, 1.807) is 6.07 Å². The second-order valence-corrected chi connectivity index (χ2v) is 9.62. The summed E-state index contributed by atoms with van der Waals surface area (Å²) in [6.07, 6.45) is 13.4. The summed E-state index contributed by atoms with van der Waals surface area (Å²) in [5, 5.41) is 6.09. The number of hydrogen-bond donors (Lipinski definition) is 3. The van der Waals surface area contributed by atoms with E-state index in [0.29, 0.717) is 30.5 Å². The number of aliphatic imine (C=N–C) groups is 1. The molecular weight excluding hydrogens is 382 g/mol. The fourth-order valence-corrected chi connectivity index (χ4v) is 5.82. The first-order valence-electron chi connectivity index (χ1n) is 11.7. The molecule has 0 aromatic heterocycles. The molecule has 0 amide bonds. The predicted octanol–water partition coefficient (Wildman–Crippen LogP) is 5.33. The Bertz CT molecular complexity index is 750. The van der Waals surface area contributed by atoms with Crippen LogP contribution in [0.4, 0.5) is 20.2 Å². The maximum atomic E-state index is 14.5. The number of rotatable bonds is 5. The van der Waals surface area contributed by atoms with Crippen molar-refractivity contribution in [3.8, 4) is 0 Å². The molecule has 0 radical (unpaired) electrons. The van der Waals surface area contributed by atoms with E-state index in [2.05, 4.69) is 21.8 Å². The number of nitrogens with zero attached hydrogens (tertiary/aromatic N) is 1. The first kappa shape index (κ1) is 21.5. The molecule has 1 heterocycles. The van der Waals surface area contributed by atoms with Gasteiger partial charge in [-0.1, -0.05) is 0 Å². The monoisotopic (exact) mass is 418 g/mol. The maximum Gasteiger partial charge on any atom is 0.184 e. The van der Waals surface area contributed by atoms with Gasteiger partial charge in [0.2, 0.25) is 0 Å². The molecule has 1 aliphatic heterocycles. The Kier molecular flexibility index (Phi) is 6.91. The Labute approximate surface area is 179 Å². The first-order valence-corrected chi connectivity index (χ1v) is 11.7. The van der Waals surface area contributed by atoms with Gasteiger partial charge >= 0.3 is 0 Å². The van der Waals surface area contributed by atoms with E-state index in [1.165, 1.54) is 51.4 Å². The highest BCUT2D eigenvalue weighted by Gasteiger charge is 2.31. The smallest absolute Gasteiger partial charge is 0.184 e. The maximum absolute atomic E-state index is 14.5. The molecule has 0 saturated heterocycles. The van der Waals surface area contributed by atoms with Crippen molar-refractivity contribution < 1.29 is 8.78 Å². The average molecular weight is 419 g/mol. The Morgan fingerprint density at radius 2 is 1.70 bits per heavy atom. The molecule has 3 aliphatic rings. The topological polar surface area (TPSA) is 62.4 Å². The lowest BCUT2D eigenvalue weighted by molar-refractivity contribution is 0.162. The molecule has 2 saturated carbocycles. The fraction of sp³-hybridized carbons (Fsp3) is 0.708. The minimum atomic E-state index is -0.808. The third kappa shape index (κ3) is 4.79. The molecule has 166 valence electrons. The Hall–Kier alpha value is -1.69. The third-order valence-corrected chi connectivity index (χ3v) is 7.66.